The van der Waals surface area contributed by atoms with Crippen molar-refractivity contribution in [3.05, 3.63) is 58.2 Å². The third-order valence-corrected chi connectivity index (χ3v) is 9.92. The zero-order valence-electron chi connectivity index (χ0n) is 22.1. The van der Waals surface area contributed by atoms with Gasteiger partial charge in [-0.1, -0.05) is 60.4 Å². The van der Waals surface area contributed by atoms with Crippen LogP contribution in [0.3, 0.4) is 0 Å². The topological polar surface area (TPSA) is 26.3 Å². The fourth-order valence-electron chi connectivity index (χ4n) is 8.19. The van der Waals surface area contributed by atoms with Crippen LogP contribution in [0.15, 0.2) is 58.2 Å². The minimum atomic E-state index is -0.338. The lowest BCUT2D eigenvalue weighted by molar-refractivity contribution is -0.149. The minimum Gasteiger partial charge on any atom is -0.457 e. The Balaban J connectivity index is 1.54. The molecule has 1 saturated heterocycles. The van der Waals surface area contributed by atoms with Gasteiger partial charge in [0.1, 0.15) is 6.10 Å². The molecule has 0 amide bonds. The Morgan fingerprint density at radius 3 is 2.41 bits per heavy atom. The third kappa shape index (κ3) is 3.90. The maximum atomic E-state index is 13.9. The van der Waals surface area contributed by atoms with Crippen molar-refractivity contribution < 1.29 is 9.53 Å². The molecular formula is C32H44O2. The van der Waals surface area contributed by atoms with Gasteiger partial charge in [-0.15, -0.1) is 0 Å². The summed E-state index contributed by atoms with van der Waals surface area (Å²) in [5.74, 6) is 1.30. The van der Waals surface area contributed by atoms with E-state index in [0.717, 1.165) is 57.8 Å². The van der Waals surface area contributed by atoms with Crippen molar-refractivity contribution in [2.75, 3.05) is 0 Å². The summed E-state index contributed by atoms with van der Waals surface area (Å²) in [7, 11) is 0. The van der Waals surface area contributed by atoms with E-state index >= 15 is 0 Å². The highest BCUT2D eigenvalue weighted by molar-refractivity contribution is 5.83. The van der Waals surface area contributed by atoms with Gasteiger partial charge in [-0.3, -0.25) is 4.79 Å². The summed E-state index contributed by atoms with van der Waals surface area (Å²) in [6.45, 7) is 11.6. The third-order valence-electron chi connectivity index (χ3n) is 9.92. The molecule has 4 aliphatic carbocycles. The lowest BCUT2D eigenvalue weighted by Crippen LogP contribution is -2.42. The van der Waals surface area contributed by atoms with Gasteiger partial charge < -0.3 is 4.74 Å². The van der Waals surface area contributed by atoms with Crippen molar-refractivity contribution in [2.24, 2.45) is 28.6 Å². The smallest absolute Gasteiger partial charge is 0.313 e. The van der Waals surface area contributed by atoms with Crippen molar-refractivity contribution in [2.45, 2.75) is 105 Å². The highest BCUT2D eigenvalue weighted by Gasteiger charge is 2.70. The Kier molecular flexibility index (Phi) is 6.32. The van der Waals surface area contributed by atoms with E-state index in [1.807, 2.05) is 0 Å². The molecule has 1 heterocycles. The molecule has 6 atom stereocenters. The first-order valence-corrected chi connectivity index (χ1v) is 13.9. The van der Waals surface area contributed by atoms with E-state index in [0.29, 0.717) is 11.8 Å². The SMILES string of the molecule is C/C1=C/CC/C(C)=C\[C@@H]2OC(=O)[C@@]3(C[C@]4(C)C[C@H]3C3=C4C=CCC[C@@H]3C)[C@H]2CC/C(C)=C\CC1. The highest BCUT2D eigenvalue weighted by atomic mass is 16.6. The van der Waals surface area contributed by atoms with E-state index in [4.69, 9.17) is 4.74 Å². The molecule has 5 aliphatic rings. The van der Waals surface area contributed by atoms with Crippen LogP contribution in [0.25, 0.3) is 0 Å². The molecule has 0 unspecified atom stereocenters. The number of hydrogen-bond acceptors (Lipinski definition) is 2. The van der Waals surface area contributed by atoms with Gasteiger partial charge in [0.05, 0.1) is 5.41 Å². The lowest BCUT2D eigenvalue weighted by atomic mass is 9.58. The van der Waals surface area contributed by atoms with Gasteiger partial charge in [-0.2, -0.15) is 0 Å². The second-order valence-electron chi connectivity index (χ2n) is 12.5. The summed E-state index contributed by atoms with van der Waals surface area (Å²) in [4.78, 5) is 13.9. The Morgan fingerprint density at radius 1 is 0.941 bits per heavy atom. The summed E-state index contributed by atoms with van der Waals surface area (Å²) in [5, 5.41) is 0. The highest BCUT2D eigenvalue weighted by Crippen LogP contribution is 2.72. The first kappa shape index (κ1) is 23.9. The van der Waals surface area contributed by atoms with Gasteiger partial charge in [-0.05, 0) is 114 Å². The normalized spacial score (nSPS) is 45.3. The molecule has 0 aromatic carbocycles. The largest absolute Gasteiger partial charge is 0.457 e. The number of ether oxygens (including phenoxy) is 1. The predicted molar refractivity (Wildman–Crippen MR) is 140 cm³/mol. The Morgan fingerprint density at radius 2 is 1.65 bits per heavy atom. The summed E-state index contributed by atoms with van der Waals surface area (Å²) in [6.07, 6.45) is 22.9. The van der Waals surface area contributed by atoms with Crippen molar-refractivity contribution in [1.29, 1.82) is 0 Å². The molecule has 2 nitrogen and oxygen atoms in total. The van der Waals surface area contributed by atoms with E-state index in [-0.39, 0.29) is 28.8 Å². The maximum Gasteiger partial charge on any atom is 0.313 e. The van der Waals surface area contributed by atoms with Crippen LogP contribution in [0.5, 0.6) is 0 Å². The van der Waals surface area contributed by atoms with Gasteiger partial charge >= 0.3 is 5.97 Å². The van der Waals surface area contributed by atoms with Crippen LogP contribution in [0.1, 0.15) is 98.8 Å². The number of carbonyl (C=O) groups excluding carboxylic acids is 1. The number of rotatable bonds is 0. The zero-order valence-corrected chi connectivity index (χ0v) is 22.1. The Bertz CT molecular complexity index is 1000. The molecule has 5 rings (SSSR count). The summed E-state index contributed by atoms with van der Waals surface area (Å²) in [6, 6.07) is 0. The van der Waals surface area contributed by atoms with Gasteiger partial charge in [-0.25, -0.2) is 0 Å². The van der Waals surface area contributed by atoms with Crippen LogP contribution in [0, 0.1) is 28.6 Å². The number of fused-ring (bicyclic) bond motifs is 7. The molecule has 184 valence electrons. The monoisotopic (exact) mass is 460 g/mol. The van der Waals surface area contributed by atoms with E-state index in [1.54, 1.807) is 11.1 Å². The van der Waals surface area contributed by atoms with Crippen LogP contribution in [0.2, 0.25) is 0 Å². The molecule has 1 saturated carbocycles. The van der Waals surface area contributed by atoms with Crippen LogP contribution in [0.4, 0.5) is 0 Å². The Hall–Kier alpha value is -1.83. The first-order valence-electron chi connectivity index (χ1n) is 13.9. The summed E-state index contributed by atoms with van der Waals surface area (Å²) >= 11 is 0. The van der Waals surface area contributed by atoms with Crippen molar-refractivity contribution in [3.63, 3.8) is 0 Å². The first-order chi connectivity index (χ1) is 16.2. The molecule has 2 bridgehead atoms. The molecule has 0 aromatic heterocycles. The van der Waals surface area contributed by atoms with E-state index in [9.17, 15) is 4.79 Å². The molecule has 2 heteroatoms. The number of hydrogen-bond donors (Lipinski definition) is 0. The van der Waals surface area contributed by atoms with Crippen molar-refractivity contribution >= 4 is 5.97 Å². The fraction of sp³-hybridized carbons (Fsp3) is 0.656. The van der Waals surface area contributed by atoms with Crippen LogP contribution in [-0.2, 0) is 9.53 Å². The quantitative estimate of drug-likeness (QED) is 0.268. The molecule has 1 spiro atoms. The molecular weight excluding hydrogens is 416 g/mol. The van der Waals surface area contributed by atoms with Crippen LogP contribution in [-0.4, -0.2) is 12.1 Å². The summed E-state index contributed by atoms with van der Waals surface area (Å²) in [5.41, 5.74) is 7.28. The fourth-order valence-corrected chi connectivity index (χ4v) is 8.19. The molecule has 0 radical (unpaired) electrons. The van der Waals surface area contributed by atoms with Crippen LogP contribution < -0.4 is 0 Å². The average Bonchev–Trinajstić information content (AvgIpc) is 3.26. The lowest BCUT2D eigenvalue weighted by Gasteiger charge is -2.41. The van der Waals surface area contributed by atoms with Crippen molar-refractivity contribution in [3.8, 4) is 0 Å². The summed E-state index contributed by atoms with van der Waals surface area (Å²) < 4.78 is 6.34. The van der Waals surface area contributed by atoms with Gasteiger partial charge in [0, 0.05) is 5.92 Å². The predicted octanol–water partition coefficient (Wildman–Crippen LogP) is 8.42. The van der Waals surface area contributed by atoms with Gasteiger partial charge in [0.2, 0.25) is 0 Å². The number of esters is 1. The van der Waals surface area contributed by atoms with E-state index in [1.165, 1.54) is 23.1 Å². The van der Waals surface area contributed by atoms with E-state index < -0.39 is 0 Å². The average molecular weight is 461 g/mol. The maximum absolute atomic E-state index is 13.9. The van der Waals surface area contributed by atoms with E-state index in [2.05, 4.69) is 65.0 Å². The number of allylic oxidation sites excluding steroid dienone is 9. The Labute approximate surface area is 207 Å². The van der Waals surface area contributed by atoms with Crippen LogP contribution >= 0.6 is 0 Å². The molecule has 2 fully saturated rings. The van der Waals surface area contributed by atoms with Gasteiger partial charge in [0.15, 0.2) is 0 Å². The standard InChI is InChI=1S/C32H44O2/c1-21-10-8-12-22(2)16-17-25-28(18-23(3)13-9-11-21)34-30(33)32(25)20-31(5)19-27(32)29-24(4)14-6-7-15-26(29)31/h7,11-12,15,18,24-25,27-28H,6,8-10,13-14,16-17,19-20H2,1-5H3/b21-11-,22-12-,23-18-/t24-,25-,27-,28-,31-,32-/m0/s1. The zero-order chi connectivity index (χ0) is 24.1. The van der Waals surface area contributed by atoms with Crippen molar-refractivity contribution in [1.82, 2.24) is 0 Å². The molecule has 0 N–H and O–H groups in total. The second-order valence-corrected chi connectivity index (χ2v) is 12.5. The minimum absolute atomic E-state index is 0.0723. The second kappa shape index (κ2) is 8.99. The molecule has 34 heavy (non-hydrogen) atoms. The molecule has 0 aromatic rings. The number of carbonyl (C=O) groups is 1. The molecule has 1 aliphatic heterocycles. The van der Waals surface area contributed by atoms with Gasteiger partial charge in [0.25, 0.3) is 0 Å².